The lowest BCUT2D eigenvalue weighted by atomic mass is 9.88. The number of amides is 2. The van der Waals surface area contributed by atoms with Crippen molar-refractivity contribution in [3.63, 3.8) is 0 Å². The van der Waals surface area contributed by atoms with Gasteiger partial charge in [-0.1, -0.05) is 17.9 Å². The molecule has 1 saturated carbocycles. The van der Waals surface area contributed by atoms with E-state index in [1.807, 2.05) is 25.1 Å². The van der Waals surface area contributed by atoms with Crippen LogP contribution in [-0.2, 0) is 14.3 Å². The largest absolute Gasteiger partial charge is 0.396 e. The highest BCUT2D eigenvalue weighted by molar-refractivity contribution is 6.00. The summed E-state index contributed by atoms with van der Waals surface area (Å²) in [5, 5.41) is 17.1. The monoisotopic (exact) mass is 409 g/mol. The molecule has 1 aromatic heterocycles. The molecule has 4 rings (SSSR count). The van der Waals surface area contributed by atoms with Crippen molar-refractivity contribution in [2.75, 3.05) is 13.2 Å². The van der Waals surface area contributed by atoms with Gasteiger partial charge in [0.05, 0.1) is 17.3 Å². The fourth-order valence-electron chi connectivity index (χ4n) is 4.41. The predicted octanol–water partition coefficient (Wildman–Crippen LogP) is 2.24. The van der Waals surface area contributed by atoms with Crippen LogP contribution in [0.2, 0.25) is 0 Å². The van der Waals surface area contributed by atoms with Crippen molar-refractivity contribution in [2.24, 2.45) is 5.92 Å². The summed E-state index contributed by atoms with van der Waals surface area (Å²) in [5.41, 5.74) is 2.51. The van der Waals surface area contributed by atoms with Gasteiger partial charge in [0.1, 0.15) is 12.6 Å². The molecule has 1 aliphatic heterocycles. The second kappa shape index (κ2) is 8.99. The first-order valence-electron chi connectivity index (χ1n) is 10.6. The minimum Gasteiger partial charge on any atom is -0.396 e. The summed E-state index contributed by atoms with van der Waals surface area (Å²) in [4.78, 5) is 23.8. The Morgan fingerprint density at radius 1 is 1.23 bits per heavy atom. The van der Waals surface area contributed by atoms with Crippen molar-refractivity contribution in [3.05, 3.63) is 29.5 Å². The fraction of sp³-hybridized carbons (Fsp3) is 0.522. The summed E-state index contributed by atoms with van der Waals surface area (Å²) in [6.07, 6.45) is 4.94. The highest BCUT2D eigenvalue weighted by atomic mass is 16.5. The number of ether oxygens (including phenoxy) is 1. The van der Waals surface area contributed by atoms with Crippen LogP contribution in [0.3, 0.4) is 0 Å². The molecule has 2 amide bonds. The normalized spacial score (nSPS) is 24.4. The Morgan fingerprint density at radius 2 is 2.03 bits per heavy atom. The first-order valence-corrected chi connectivity index (χ1v) is 10.6. The lowest BCUT2D eigenvalue weighted by Gasteiger charge is -2.26. The van der Waals surface area contributed by atoms with E-state index >= 15 is 0 Å². The number of nitrogens with one attached hydrogen (secondary N) is 1. The van der Waals surface area contributed by atoms with Gasteiger partial charge in [0, 0.05) is 24.0 Å². The third kappa shape index (κ3) is 4.25. The minimum atomic E-state index is -0.487. The number of nitrogens with zero attached hydrogens (tertiary/aromatic N) is 2. The first kappa shape index (κ1) is 20.6. The van der Waals surface area contributed by atoms with Crippen LogP contribution in [0.5, 0.6) is 0 Å². The summed E-state index contributed by atoms with van der Waals surface area (Å²) in [5.74, 6) is 6.18. The number of benzene rings is 1. The molecular weight excluding hydrogens is 382 g/mol. The molecular formula is C23H27N3O4. The van der Waals surface area contributed by atoms with Gasteiger partial charge in [-0.05, 0) is 57.1 Å². The Labute approximate surface area is 175 Å². The van der Waals surface area contributed by atoms with Gasteiger partial charge < -0.3 is 9.84 Å². The maximum Gasteiger partial charge on any atom is 0.251 e. The van der Waals surface area contributed by atoms with Crippen LogP contribution in [0, 0.1) is 24.7 Å². The summed E-state index contributed by atoms with van der Waals surface area (Å²) in [6.45, 7) is 2.54. The van der Waals surface area contributed by atoms with Crippen molar-refractivity contribution >= 4 is 22.7 Å². The number of aryl methyl sites for hydroxylation is 1. The molecule has 1 aromatic carbocycles. The number of hydrogen-bond acceptors (Lipinski definition) is 5. The zero-order valence-electron chi connectivity index (χ0n) is 17.2. The topological polar surface area (TPSA) is 93.5 Å². The minimum absolute atomic E-state index is 0.218. The van der Waals surface area contributed by atoms with E-state index < -0.39 is 6.04 Å². The summed E-state index contributed by atoms with van der Waals surface area (Å²) < 4.78 is 7.62. The van der Waals surface area contributed by atoms with Crippen LogP contribution in [0.15, 0.2) is 18.2 Å². The summed E-state index contributed by atoms with van der Waals surface area (Å²) in [7, 11) is 0. The maximum absolute atomic E-state index is 12.3. The fourth-order valence-corrected chi connectivity index (χ4v) is 4.41. The molecule has 30 heavy (non-hydrogen) atoms. The second-order valence-corrected chi connectivity index (χ2v) is 8.13. The van der Waals surface area contributed by atoms with E-state index in [0.29, 0.717) is 25.4 Å². The van der Waals surface area contributed by atoms with Crippen molar-refractivity contribution in [1.82, 2.24) is 15.1 Å². The van der Waals surface area contributed by atoms with Gasteiger partial charge in [-0.2, -0.15) is 5.10 Å². The second-order valence-electron chi connectivity index (χ2n) is 8.13. The highest BCUT2D eigenvalue weighted by Crippen LogP contribution is 2.28. The number of rotatable bonds is 4. The number of aromatic nitrogens is 2. The van der Waals surface area contributed by atoms with Crippen LogP contribution < -0.4 is 5.32 Å². The van der Waals surface area contributed by atoms with E-state index in [0.717, 1.165) is 47.8 Å². The van der Waals surface area contributed by atoms with E-state index in [4.69, 9.17) is 4.74 Å². The smallest absolute Gasteiger partial charge is 0.251 e. The SMILES string of the molecule is Cc1nn(C2CCC(=O)NC2=O)c2cccc(C#CCOC3CCC(CO)CC3)c12. The van der Waals surface area contributed by atoms with E-state index in [1.54, 1.807) is 4.68 Å². The summed E-state index contributed by atoms with van der Waals surface area (Å²) >= 11 is 0. The Hall–Kier alpha value is -2.69. The number of aliphatic hydroxyl groups is 1. The van der Waals surface area contributed by atoms with E-state index in [-0.39, 0.29) is 24.5 Å². The van der Waals surface area contributed by atoms with Crippen molar-refractivity contribution in [1.29, 1.82) is 0 Å². The Bertz CT molecular complexity index is 1010. The highest BCUT2D eigenvalue weighted by Gasteiger charge is 2.30. The number of hydrogen-bond donors (Lipinski definition) is 2. The van der Waals surface area contributed by atoms with Gasteiger partial charge in [-0.15, -0.1) is 0 Å². The van der Waals surface area contributed by atoms with Crippen LogP contribution >= 0.6 is 0 Å². The lowest BCUT2D eigenvalue weighted by Crippen LogP contribution is -2.42. The molecule has 1 aliphatic carbocycles. The predicted molar refractivity (Wildman–Crippen MR) is 112 cm³/mol. The maximum atomic E-state index is 12.3. The van der Waals surface area contributed by atoms with Crippen LogP contribution in [-0.4, -0.2) is 46.0 Å². The van der Waals surface area contributed by atoms with Crippen molar-refractivity contribution in [3.8, 4) is 11.8 Å². The Balaban J connectivity index is 1.48. The molecule has 2 fully saturated rings. The molecule has 158 valence electrons. The van der Waals surface area contributed by atoms with Gasteiger partial charge in [0.2, 0.25) is 5.91 Å². The Morgan fingerprint density at radius 3 is 2.77 bits per heavy atom. The van der Waals surface area contributed by atoms with Crippen molar-refractivity contribution < 1.29 is 19.4 Å². The molecule has 2 aromatic rings. The van der Waals surface area contributed by atoms with Gasteiger partial charge in [0.25, 0.3) is 5.91 Å². The number of imide groups is 1. The number of piperidine rings is 1. The van der Waals surface area contributed by atoms with Gasteiger partial charge >= 0.3 is 0 Å². The molecule has 0 radical (unpaired) electrons. The number of fused-ring (bicyclic) bond motifs is 1. The summed E-state index contributed by atoms with van der Waals surface area (Å²) in [6, 6.07) is 5.30. The van der Waals surface area contributed by atoms with Gasteiger partial charge in [0.15, 0.2) is 0 Å². The van der Waals surface area contributed by atoms with E-state index in [1.165, 1.54) is 0 Å². The quantitative estimate of drug-likeness (QED) is 0.597. The van der Waals surface area contributed by atoms with Crippen LogP contribution in [0.4, 0.5) is 0 Å². The molecule has 0 spiro atoms. The zero-order valence-corrected chi connectivity index (χ0v) is 17.2. The zero-order chi connectivity index (χ0) is 21.1. The average molecular weight is 409 g/mol. The number of carbonyl (C=O) groups is 2. The van der Waals surface area contributed by atoms with Gasteiger partial charge in [-0.25, -0.2) is 0 Å². The standard InChI is InChI=1S/C23H27N3O4/c1-15-22-17(5-3-13-30-18-9-7-16(14-27)8-10-18)4-2-6-19(22)26(25-15)20-11-12-21(28)24-23(20)29/h2,4,6,16,18,20,27H,7-14H2,1H3,(H,24,28,29). The third-order valence-electron chi connectivity index (χ3n) is 6.08. The number of carbonyl (C=O) groups excluding carboxylic acids is 2. The number of aliphatic hydroxyl groups excluding tert-OH is 1. The average Bonchev–Trinajstić information content (AvgIpc) is 3.09. The van der Waals surface area contributed by atoms with E-state index in [2.05, 4.69) is 22.3 Å². The molecule has 2 N–H and O–H groups in total. The molecule has 0 bridgehead atoms. The molecule has 7 nitrogen and oxygen atoms in total. The van der Waals surface area contributed by atoms with Crippen molar-refractivity contribution in [2.45, 2.75) is 57.6 Å². The molecule has 1 atom stereocenters. The molecule has 1 saturated heterocycles. The van der Waals surface area contributed by atoms with Crippen LogP contribution in [0.25, 0.3) is 10.9 Å². The van der Waals surface area contributed by atoms with Crippen LogP contribution in [0.1, 0.15) is 55.8 Å². The Kier molecular flexibility index (Phi) is 6.16. The molecule has 7 heteroatoms. The lowest BCUT2D eigenvalue weighted by molar-refractivity contribution is -0.135. The third-order valence-corrected chi connectivity index (χ3v) is 6.08. The first-order chi connectivity index (χ1) is 14.6. The molecule has 2 aliphatic rings. The van der Waals surface area contributed by atoms with Gasteiger partial charge in [-0.3, -0.25) is 19.6 Å². The van der Waals surface area contributed by atoms with E-state index in [9.17, 15) is 14.7 Å². The molecule has 1 unspecified atom stereocenters. The molecule has 2 heterocycles.